The third-order valence-electron chi connectivity index (χ3n) is 3.87. The van der Waals surface area contributed by atoms with Crippen molar-refractivity contribution in [1.82, 2.24) is 9.80 Å². The molecule has 19 heavy (non-hydrogen) atoms. The number of carbonyl (C=O) groups excluding carboxylic acids is 2. The van der Waals surface area contributed by atoms with Gasteiger partial charge in [0, 0.05) is 25.8 Å². The average Bonchev–Trinajstić information content (AvgIpc) is 2.95. The summed E-state index contributed by atoms with van der Waals surface area (Å²) in [6, 6.07) is -0.432. The maximum absolute atomic E-state index is 12.4. The maximum Gasteiger partial charge on any atom is 0.311 e. The molecule has 2 fully saturated rings. The Morgan fingerprint density at radius 1 is 1.37 bits per heavy atom. The van der Waals surface area contributed by atoms with E-state index < -0.39 is 17.4 Å². The molecule has 2 aliphatic rings. The van der Waals surface area contributed by atoms with Gasteiger partial charge in [-0.25, -0.2) is 0 Å². The number of carboxylic acids is 1. The Hall–Kier alpha value is -1.24. The van der Waals surface area contributed by atoms with Crippen molar-refractivity contribution in [3.05, 3.63) is 0 Å². The van der Waals surface area contributed by atoms with Gasteiger partial charge in [-0.1, -0.05) is 0 Å². The van der Waals surface area contributed by atoms with E-state index in [1.807, 2.05) is 0 Å². The van der Waals surface area contributed by atoms with E-state index in [4.69, 9.17) is 0 Å². The van der Waals surface area contributed by atoms with Gasteiger partial charge in [-0.3, -0.25) is 14.4 Å². The molecule has 7 heteroatoms. The summed E-state index contributed by atoms with van der Waals surface area (Å²) >= 11 is 1.55. The lowest BCUT2D eigenvalue weighted by Gasteiger charge is -2.27. The number of amides is 2. The molecule has 2 aliphatic heterocycles. The fourth-order valence-corrected chi connectivity index (χ4v) is 3.70. The van der Waals surface area contributed by atoms with Crippen LogP contribution in [-0.4, -0.2) is 63.5 Å². The molecule has 0 aromatic heterocycles. The number of hydrogen-bond donors (Lipinski definition) is 1. The summed E-state index contributed by atoms with van der Waals surface area (Å²) in [5.74, 6) is 0.0369. The molecule has 2 heterocycles. The van der Waals surface area contributed by atoms with E-state index in [1.54, 1.807) is 28.5 Å². The van der Waals surface area contributed by atoms with Crippen LogP contribution in [0.3, 0.4) is 0 Å². The van der Waals surface area contributed by atoms with Crippen molar-refractivity contribution in [3.63, 3.8) is 0 Å². The molecule has 2 atom stereocenters. The molecule has 0 saturated carbocycles. The van der Waals surface area contributed by atoms with Crippen LogP contribution in [0.25, 0.3) is 0 Å². The maximum atomic E-state index is 12.4. The predicted molar refractivity (Wildman–Crippen MR) is 70.6 cm³/mol. The van der Waals surface area contributed by atoms with E-state index in [9.17, 15) is 19.5 Å². The van der Waals surface area contributed by atoms with Gasteiger partial charge < -0.3 is 14.9 Å². The van der Waals surface area contributed by atoms with Crippen molar-refractivity contribution >= 4 is 29.5 Å². The standard InChI is InChI=1S/C12H18N2O4S/c1-8(15)14-7-19-5-9(14)10(16)13-4-3-12(2,6-13)11(17)18/h9H,3-7H2,1-2H3,(H,17,18)/t9-,12+/m1/s1. The Balaban J connectivity index is 2.06. The topological polar surface area (TPSA) is 77.9 Å². The van der Waals surface area contributed by atoms with E-state index in [2.05, 4.69) is 0 Å². The molecule has 2 saturated heterocycles. The van der Waals surface area contributed by atoms with Crippen LogP contribution in [-0.2, 0) is 14.4 Å². The smallest absolute Gasteiger partial charge is 0.311 e. The quantitative estimate of drug-likeness (QED) is 0.786. The molecular weight excluding hydrogens is 268 g/mol. The van der Waals surface area contributed by atoms with Gasteiger partial charge in [0.25, 0.3) is 0 Å². The zero-order chi connectivity index (χ0) is 14.2. The lowest BCUT2D eigenvalue weighted by molar-refractivity contribution is -0.148. The van der Waals surface area contributed by atoms with E-state index in [0.29, 0.717) is 24.6 Å². The van der Waals surface area contributed by atoms with Gasteiger partial charge in [0.05, 0.1) is 11.3 Å². The van der Waals surface area contributed by atoms with Gasteiger partial charge in [-0.05, 0) is 13.3 Å². The number of rotatable bonds is 2. The van der Waals surface area contributed by atoms with Crippen molar-refractivity contribution in [2.75, 3.05) is 24.7 Å². The Labute approximate surface area is 116 Å². The third kappa shape index (κ3) is 2.56. The van der Waals surface area contributed by atoms with Gasteiger partial charge in [0.15, 0.2) is 0 Å². The first-order valence-electron chi connectivity index (χ1n) is 6.22. The molecule has 0 aromatic carbocycles. The van der Waals surface area contributed by atoms with Crippen molar-refractivity contribution in [1.29, 1.82) is 0 Å². The van der Waals surface area contributed by atoms with E-state index in [0.717, 1.165) is 0 Å². The number of likely N-dealkylation sites (tertiary alicyclic amines) is 1. The van der Waals surface area contributed by atoms with Crippen LogP contribution in [0.4, 0.5) is 0 Å². The van der Waals surface area contributed by atoms with Crippen LogP contribution in [0, 0.1) is 5.41 Å². The first-order valence-corrected chi connectivity index (χ1v) is 7.38. The van der Waals surface area contributed by atoms with Gasteiger partial charge in [-0.15, -0.1) is 11.8 Å². The predicted octanol–water partition coefficient (Wildman–Crippen LogP) is 0.231. The third-order valence-corrected chi connectivity index (χ3v) is 4.89. The number of aliphatic carboxylic acids is 1. The number of carboxylic acid groups (broad SMARTS) is 1. The minimum absolute atomic E-state index is 0.108. The first-order chi connectivity index (χ1) is 8.85. The molecule has 0 spiro atoms. The van der Waals surface area contributed by atoms with Crippen LogP contribution >= 0.6 is 11.8 Å². The largest absolute Gasteiger partial charge is 0.481 e. The monoisotopic (exact) mass is 286 g/mol. The van der Waals surface area contributed by atoms with Gasteiger partial charge in [-0.2, -0.15) is 0 Å². The Kier molecular flexibility index (Phi) is 3.75. The Morgan fingerprint density at radius 3 is 2.58 bits per heavy atom. The SMILES string of the molecule is CC(=O)N1CSC[C@@H]1C(=O)N1CC[C@](C)(C(=O)O)C1. The van der Waals surface area contributed by atoms with Crippen LogP contribution in [0.2, 0.25) is 0 Å². The van der Waals surface area contributed by atoms with E-state index in [1.165, 1.54) is 6.92 Å². The summed E-state index contributed by atoms with van der Waals surface area (Å²) in [5.41, 5.74) is -0.859. The summed E-state index contributed by atoms with van der Waals surface area (Å²) < 4.78 is 0. The molecule has 2 rings (SSSR count). The number of nitrogens with zero attached hydrogens (tertiary/aromatic N) is 2. The Morgan fingerprint density at radius 2 is 2.05 bits per heavy atom. The van der Waals surface area contributed by atoms with Crippen molar-refractivity contribution in [3.8, 4) is 0 Å². The van der Waals surface area contributed by atoms with Crippen molar-refractivity contribution in [2.24, 2.45) is 5.41 Å². The Bertz CT molecular complexity index is 428. The van der Waals surface area contributed by atoms with E-state index in [-0.39, 0.29) is 18.4 Å². The minimum atomic E-state index is -0.868. The van der Waals surface area contributed by atoms with Gasteiger partial charge in [0.1, 0.15) is 6.04 Å². The number of thioether (sulfide) groups is 1. The lowest BCUT2D eigenvalue weighted by Crippen LogP contribution is -2.48. The molecule has 0 aliphatic carbocycles. The summed E-state index contributed by atoms with van der Waals surface area (Å²) in [7, 11) is 0. The number of hydrogen-bond acceptors (Lipinski definition) is 4. The molecule has 2 amide bonds. The van der Waals surface area contributed by atoms with Crippen LogP contribution < -0.4 is 0 Å². The van der Waals surface area contributed by atoms with Crippen LogP contribution in [0.15, 0.2) is 0 Å². The summed E-state index contributed by atoms with van der Waals surface area (Å²) in [4.78, 5) is 38.2. The van der Waals surface area contributed by atoms with Crippen LogP contribution in [0.5, 0.6) is 0 Å². The van der Waals surface area contributed by atoms with Gasteiger partial charge in [0.2, 0.25) is 11.8 Å². The molecular formula is C12H18N2O4S. The fraction of sp³-hybridized carbons (Fsp3) is 0.750. The fourth-order valence-electron chi connectivity index (χ4n) is 2.49. The zero-order valence-electron chi connectivity index (χ0n) is 11.1. The second kappa shape index (κ2) is 5.03. The lowest BCUT2D eigenvalue weighted by atomic mass is 9.90. The normalized spacial score (nSPS) is 30.7. The highest BCUT2D eigenvalue weighted by Crippen LogP contribution is 2.32. The molecule has 6 nitrogen and oxygen atoms in total. The molecule has 0 radical (unpaired) electrons. The second-order valence-corrected chi connectivity index (χ2v) is 6.38. The summed E-state index contributed by atoms with van der Waals surface area (Å²) in [6.45, 7) is 3.80. The summed E-state index contributed by atoms with van der Waals surface area (Å²) in [5, 5.41) is 9.17. The second-order valence-electron chi connectivity index (χ2n) is 5.38. The molecule has 0 bridgehead atoms. The highest BCUT2D eigenvalue weighted by atomic mass is 32.2. The van der Waals surface area contributed by atoms with Crippen molar-refractivity contribution in [2.45, 2.75) is 26.3 Å². The first kappa shape index (κ1) is 14.2. The average molecular weight is 286 g/mol. The van der Waals surface area contributed by atoms with Crippen LogP contribution in [0.1, 0.15) is 20.3 Å². The number of carbonyl (C=O) groups is 3. The minimum Gasteiger partial charge on any atom is -0.481 e. The van der Waals surface area contributed by atoms with E-state index >= 15 is 0 Å². The van der Waals surface area contributed by atoms with Crippen molar-refractivity contribution < 1.29 is 19.5 Å². The summed E-state index contributed by atoms with van der Waals surface area (Å²) in [6.07, 6.45) is 0.466. The molecule has 1 N–H and O–H groups in total. The zero-order valence-corrected chi connectivity index (χ0v) is 11.9. The molecule has 0 unspecified atom stereocenters. The van der Waals surface area contributed by atoms with Gasteiger partial charge >= 0.3 is 5.97 Å². The molecule has 0 aromatic rings. The highest BCUT2D eigenvalue weighted by Gasteiger charge is 2.45. The highest BCUT2D eigenvalue weighted by molar-refractivity contribution is 7.99. The molecule has 106 valence electrons.